The second-order valence-corrected chi connectivity index (χ2v) is 8.36. The summed E-state index contributed by atoms with van der Waals surface area (Å²) in [4.78, 5) is 12.9. The lowest BCUT2D eigenvalue weighted by atomic mass is 10.1. The van der Waals surface area contributed by atoms with Crippen LogP contribution in [0.3, 0.4) is 0 Å². The summed E-state index contributed by atoms with van der Waals surface area (Å²) in [6.07, 6.45) is 3.27. The molecule has 1 aliphatic rings. The molecular formula is C11H12N4O3S3. The van der Waals surface area contributed by atoms with E-state index in [4.69, 9.17) is 0 Å². The van der Waals surface area contributed by atoms with Gasteiger partial charge < -0.3 is 0 Å². The molecule has 10 heteroatoms. The maximum absolute atomic E-state index is 12.2. The first kappa shape index (κ1) is 14.4. The van der Waals surface area contributed by atoms with E-state index < -0.39 is 10.0 Å². The fraction of sp³-hybridized carbons (Fsp3) is 0.364. The lowest BCUT2D eigenvalue weighted by Crippen LogP contribution is -2.11. The predicted molar refractivity (Wildman–Crippen MR) is 82.6 cm³/mol. The van der Waals surface area contributed by atoms with Gasteiger partial charge in [0.2, 0.25) is 20.3 Å². The number of sulfonamides is 1. The van der Waals surface area contributed by atoms with Gasteiger partial charge in [-0.25, -0.2) is 8.42 Å². The van der Waals surface area contributed by atoms with E-state index in [0.29, 0.717) is 10.8 Å². The third-order valence-corrected chi connectivity index (χ3v) is 5.21. The zero-order chi connectivity index (χ0) is 15.0. The van der Waals surface area contributed by atoms with Crippen molar-refractivity contribution in [3.63, 3.8) is 0 Å². The van der Waals surface area contributed by atoms with Crippen LogP contribution in [0.1, 0.15) is 34.0 Å². The number of anilines is 2. The molecule has 0 spiro atoms. The van der Waals surface area contributed by atoms with Crippen LogP contribution in [0, 0.1) is 0 Å². The second kappa shape index (κ2) is 5.35. The van der Waals surface area contributed by atoms with E-state index in [0.717, 1.165) is 36.0 Å². The average Bonchev–Trinajstić information content (AvgIpc) is 2.94. The van der Waals surface area contributed by atoms with Crippen LogP contribution in [0.4, 0.5) is 10.3 Å². The van der Waals surface area contributed by atoms with Crippen molar-refractivity contribution in [1.29, 1.82) is 0 Å². The Morgan fingerprint density at radius 1 is 1.33 bits per heavy atom. The number of carbonyl (C=O) groups excluding carboxylic acids is 1. The zero-order valence-electron chi connectivity index (χ0n) is 11.0. The fourth-order valence-electron chi connectivity index (χ4n) is 1.85. The summed E-state index contributed by atoms with van der Waals surface area (Å²) in [5.74, 6) is 0.267. The molecular weight excluding hydrogens is 332 g/mol. The van der Waals surface area contributed by atoms with Crippen LogP contribution in [-0.2, 0) is 10.0 Å². The third kappa shape index (κ3) is 3.57. The summed E-state index contributed by atoms with van der Waals surface area (Å²) in [6, 6.07) is 1.98. The Morgan fingerprint density at radius 3 is 2.71 bits per heavy atom. The monoisotopic (exact) mass is 344 g/mol. The van der Waals surface area contributed by atoms with Gasteiger partial charge in [0, 0.05) is 0 Å². The highest BCUT2D eigenvalue weighted by Gasteiger charge is 2.29. The van der Waals surface area contributed by atoms with Crippen molar-refractivity contribution in [2.75, 3.05) is 16.3 Å². The number of thiophene rings is 1. The van der Waals surface area contributed by atoms with Gasteiger partial charge in [0.05, 0.1) is 11.1 Å². The number of aromatic nitrogens is 2. The Labute approximate surface area is 129 Å². The van der Waals surface area contributed by atoms with Crippen molar-refractivity contribution in [1.82, 2.24) is 10.2 Å². The van der Waals surface area contributed by atoms with Crippen LogP contribution in [0.25, 0.3) is 0 Å². The van der Waals surface area contributed by atoms with Gasteiger partial charge in [0.1, 0.15) is 0 Å². The van der Waals surface area contributed by atoms with Gasteiger partial charge in [-0.15, -0.1) is 21.5 Å². The van der Waals surface area contributed by atoms with Gasteiger partial charge in [-0.3, -0.25) is 14.8 Å². The highest BCUT2D eigenvalue weighted by Crippen LogP contribution is 2.43. The number of hydrogen-bond donors (Lipinski definition) is 2. The second-order valence-electron chi connectivity index (χ2n) is 4.72. The Balaban J connectivity index is 1.71. The highest BCUT2D eigenvalue weighted by atomic mass is 32.2. The van der Waals surface area contributed by atoms with Gasteiger partial charge in [-0.2, -0.15) is 0 Å². The molecule has 21 heavy (non-hydrogen) atoms. The van der Waals surface area contributed by atoms with Crippen LogP contribution < -0.4 is 10.0 Å². The minimum atomic E-state index is -3.40. The van der Waals surface area contributed by atoms with Crippen molar-refractivity contribution in [2.45, 2.75) is 18.8 Å². The summed E-state index contributed by atoms with van der Waals surface area (Å²) in [6.45, 7) is 0. The molecule has 0 aliphatic heterocycles. The van der Waals surface area contributed by atoms with E-state index >= 15 is 0 Å². The Morgan fingerprint density at radius 2 is 2.05 bits per heavy atom. The minimum Gasteiger partial charge on any atom is -0.296 e. The molecule has 3 rings (SSSR count). The smallest absolute Gasteiger partial charge is 0.267 e. The van der Waals surface area contributed by atoms with Gasteiger partial charge in [0.15, 0.2) is 0 Å². The van der Waals surface area contributed by atoms with Crippen molar-refractivity contribution in [2.24, 2.45) is 0 Å². The zero-order valence-corrected chi connectivity index (χ0v) is 13.4. The van der Waals surface area contributed by atoms with Crippen LogP contribution >= 0.6 is 22.7 Å². The van der Waals surface area contributed by atoms with Crippen LogP contribution in [0.15, 0.2) is 11.4 Å². The molecule has 0 unspecified atom stereocenters. The fourth-order valence-corrected chi connectivity index (χ4v) is 4.20. The summed E-state index contributed by atoms with van der Waals surface area (Å²) in [5, 5.41) is 12.4. The first-order valence-corrected chi connectivity index (χ1v) is 9.71. The SMILES string of the molecule is CS(=O)(=O)Nc1nnc(NC(=O)c2sccc2C2CC2)s1. The molecule has 1 aliphatic carbocycles. The number of nitrogens with zero attached hydrogens (tertiary/aromatic N) is 2. The number of amides is 1. The van der Waals surface area contributed by atoms with Gasteiger partial charge in [-0.1, -0.05) is 11.3 Å². The quantitative estimate of drug-likeness (QED) is 0.865. The summed E-state index contributed by atoms with van der Waals surface area (Å²) in [7, 11) is -3.40. The van der Waals surface area contributed by atoms with E-state index in [2.05, 4.69) is 20.2 Å². The number of carbonyl (C=O) groups is 1. The molecule has 112 valence electrons. The first-order chi connectivity index (χ1) is 9.92. The predicted octanol–water partition coefficient (Wildman–Crippen LogP) is 2.10. The van der Waals surface area contributed by atoms with Gasteiger partial charge >= 0.3 is 0 Å². The molecule has 7 nitrogen and oxygen atoms in total. The van der Waals surface area contributed by atoms with Crippen LogP contribution in [-0.4, -0.2) is 30.8 Å². The van der Waals surface area contributed by atoms with E-state index in [9.17, 15) is 13.2 Å². The molecule has 0 bridgehead atoms. The largest absolute Gasteiger partial charge is 0.296 e. The first-order valence-electron chi connectivity index (χ1n) is 6.12. The molecule has 1 fully saturated rings. The summed E-state index contributed by atoms with van der Waals surface area (Å²) >= 11 is 2.37. The van der Waals surface area contributed by atoms with Crippen molar-refractivity contribution in [3.05, 3.63) is 21.9 Å². The maximum atomic E-state index is 12.2. The topological polar surface area (TPSA) is 101 Å². The van der Waals surface area contributed by atoms with Crippen LogP contribution in [0.5, 0.6) is 0 Å². The van der Waals surface area contributed by atoms with Crippen molar-refractivity contribution >= 4 is 48.9 Å². The van der Waals surface area contributed by atoms with Gasteiger partial charge in [-0.05, 0) is 35.8 Å². The molecule has 2 aromatic heterocycles. The molecule has 1 amide bonds. The Kier molecular flexibility index (Phi) is 3.68. The third-order valence-electron chi connectivity index (χ3n) is 2.84. The molecule has 2 heterocycles. The van der Waals surface area contributed by atoms with Crippen LogP contribution in [0.2, 0.25) is 0 Å². The van der Waals surface area contributed by atoms with E-state index in [-0.39, 0.29) is 16.2 Å². The average molecular weight is 344 g/mol. The van der Waals surface area contributed by atoms with E-state index in [1.54, 1.807) is 0 Å². The number of rotatable bonds is 5. The van der Waals surface area contributed by atoms with E-state index in [1.165, 1.54) is 11.3 Å². The normalized spacial score (nSPS) is 14.9. The van der Waals surface area contributed by atoms with Gasteiger partial charge in [0.25, 0.3) is 5.91 Å². The molecule has 0 radical (unpaired) electrons. The number of nitrogens with one attached hydrogen (secondary N) is 2. The number of hydrogen-bond acceptors (Lipinski definition) is 7. The molecule has 0 saturated heterocycles. The molecule has 1 saturated carbocycles. The molecule has 0 atom stereocenters. The molecule has 2 aromatic rings. The van der Waals surface area contributed by atoms with Crippen molar-refractivity contribution < 1.29 is 13.2 Å². The van der Waals surface area contributed by atoms with E-state index in [1.807, 2.05) is 11.4 Å². The molecule has 2 N–H and O–H groups in total. The lowest BCUT2D eigenvalue weighted by Gasteiger charge is -2.01. The highest BCUT2D eigenvalue weighted by molar-refractivity contribution is 7.92. The lowest BCUT2D eigenvalue weighted by molar-refractivity contribution is 0.102. The maximum Gasteiger partial charge on any atom is 0.267 e. The minimum absolute atomic E-state index is 0.126. The summed E-state index contributed by atoms with van der Waals surface area (Å²) in [5.41, 5.74) is 1.08. The Bertz CT molecular complexity index is 776. The standard InChI is InChI=1S/C11H12N4O3S3/c1-21(17,18)15-11-14-13-10(20-11)12-9(16)8-7(4-5-19-8)6-2-3-6/h4-6H,2-3H2,1H3,(H,14,15)(H,12,13,16). The van der Waals surface area contributed by atoms with Crippen molar-refractivity contribution in [3.8, 4) is 0 Å². The summed E-state index contributed by atoms with van der Waals surface area (Å²) < 4.78 is 24.4. The molecule has 0 aromatic carbocycles. The Hall–Kier alpha value is -1.52.